The summed E-state index contributed by atoms with van der Waals surface area (Å²) in [5.74, 6) is 6.39. The van der Waals surface area contributed by atoms with E-state index in [1.165, 1.54) is 16.8 Å². The fourth-order valence-electron chi connectivity index (χ4n) is 1.84. The molecule has 0 atom stereocenters. The number of rotatable bonds is 1. The van der Waals surface area contributed by atoms with E-state index >= 15 is 0 Å². The Balaban J connectivity index is 2.13. The maximum Gasteiger partial charge on any atom is 0.0838 e. The lowest BCUT2D eigenvalue weighted by molar-refractivity contribution is 0.810. The van der Waals surface area contributed by atoms with Crippen molar-refractivity contribution in [3.8, 4) is 11.8 Å². The second-order valence-corrected chi connectivity index (χ2v) is 4.32. The van der Waals surface area contributed by atoms with Gasteiger partial charge < -0.3 is 4.57 Å². The number of aromatic nitrogens is 1. The highest BCUT2D eigenvalue weighted by molar-refractivity contribution is 5.34. The molecule has 0 saturated heterocycles. The highest BCUT2D eigenvalue weighted by atomic mass is 15.0. The molecule has 17 heavy (non-hydrogen) atoms. The Morgan fingerprint density at radius 2 is 1.76 bits per heavy atom. The third-order valence-corrected chi connectivity index (χ3v) is 3.17. The van der Waals surface area contributed by atoms with Crippen molar-refractivity contribution in [3.05, 3.63) is 58.9 Å². The van der Waals surface area contributed by atoms with E-state index in [4.69, 9.17) is 0 Å². The Kier molecular flexibility index (Phi) is 3.35. The Hall–Kier alpha value is -1.94. The lowest BCUT2D eigenvalue weighted by Crippen LogP contribution is -1.96. The van der Waals surface area contributed by atoms with Crippen LogP contribution in [0.2, 0.25) is 0 Å². The Morgan fingerprint density at radius 1 is 1.06 bits per heavy atom. The van der Waals surface area contributed by atoms with Crippen LogP contribution in [0.25, 0.3) is 0 Å². The zero-order chi connectivity index (χ0) is 12.3. The molecule has 1 nitrogen and oxygen atoms in total. The number of nitrogens with zero attached hydrogens (tertiary/aromatic N) is 1. The fourth-order valence-corrected chi connectivity index (χ4v) is 1.84. The molecule has 0 radical (unpaired) electrons. The third kappa shape index (κ3) is 2.60. The summed E-state index contributed by atoms with van der Waals surface area (Å²) in [7, 11) is 0. The Labute approximate surface area is 103 Å². The molecule has 1 heterocycles. The van der Waals surface area contributed by atoms with E-state index in [1.54, 1.807) is 0 Å². The first-order valence-electron chi connectivity index (χ1n) is 5.85. The molecular formula is C16H17N. The summed E-state index contributed by atoms with van der Waals surface area (Å²) in [5, 5.41) is 0. The third-order valence-electron chi connectivity index (χ3n) is 3.17. The summed E-state index contributed by atoms with van der Waals surface area (Å²) in [6.07, 6.45) is 2.17. The minimum Gasteiger partial charge on any atom is -0.340 e. The lowest BCUT2D eigenvalue weighted by atomic mass is 10.2. The first-order valence-corrected chi connectivity index (χ1v) is 5.85. The molecule has 0 amide bonds. The van der Waals surface area contributed by atoms with E-state index in [-0.39, 0.29) is 0 Å². The van der Waals surface area contributed by atoms with E-state index in [9.17, 15) is 0 Å². The molecule has 0 aliphatic heterocycles. The van der Waals surface area contributed by atoms with Crippen LogP contribution in [0.3, 0.4) is 0 Å². The zero-order valence-corrected chi connectivity index (χ0v) is 10.6. The van der Waals surface area contributed by atoms with Crippen LogP contribution in [0.5, 0.6) is 0 Å². The molecule has 2 aromatic rings. The SMILES string of the molecule is Cc1cn(CC#Cc2ccccc2)c(C)c1C. The number of hydrogen-bond donors (Lipinski definition) is 0. The molecule has 0 unspecified atom stereocenters. The summed E-state index contributed by atoms with van der Waals surface area (Å²) in [6.45, 7) is 7.21. The van der Waals surface area contributed by atoms with Crippen LogP contribution in [-0.2, 0) is 6.54 Å². The minimum atomic E-state index is 0.759. The summed E-state index contributed by atoms with van der Waals surface area (Å²) in [5.41, 5.74) is 5.09. The van der Waals surface area contributed by atoms with Gasteiger partial charge in [0.25, 0.3) is 0 Å². The van der Waals surface area contributed by atoms with Gasteiger partial charge in [0.2, 0.25) is 0 Å². The number of benzene rings is 1. The van der Waals surface area contributed by atoms with Gasteiger partial charge in [-0.05, 0) is 44.0 Å². The molecule has 0 spiro atoms. The van der Waals surface area contributed by atoms with Gasteiger partial charge >= 0.3 is 0 Å². The molecule has 1 aromatic carbocycles. The fraction of sp³-hybridized carbons (Fsp3) is 0.250. The van der Waals surface area contributed by atoms with Crippen molar-refractivity contribution in [2.24, 2.45) is 0 Å². The predicted octanol–water partition coefficient (Wildman–Crippen LogP) is 3.47. The molecule has 1 heteroatoms. The number of aryl methyl sites for hydroxylation is 1. The van der Waals surface area contributed by atoms with Crippen LogP contribution in [0.1, 0.15) is 22.4 Å². The maximum atomic E-state index is 3.21. The van der Waals surface area contributed by atoms with Crippen LogP contribution in [0.4, 0.5) is 0 Å². The van der Waals surface area contributed by atoms with Gasteiger partial charge in [0, 0.05) is 17.5 Å². The summed E-state index contributed by atoms with van der Waals surface area (Å²) in [4.78, 5) is 0. The second-order valence-electron chi connectivity index (χ2n) is 4.32. The molecule has 1 aromatic heterocycles. The van der Waals surface area contributed by atoms with Crippen LogP contribution in [0, 0.1) is 32.6 Å². The summed E-state index contributed by atoms with van der Waals surface area (Å²) in [6, 6.07) is 10.1. The van der Waals surface area contributed by atoms with Crippen molar-refractivity contribution in [1.82, 2.24) is 4.57 Å². The van der Waals surface area contributed by atoms with E-state index in [2.05, 4.69) is 43.4 Å². The van der Waals surface area contributed by atoms with Gasteiger partial charge in [-0.1, -0.05) is 30.0 Å². The zero-order valence-electron chi connectivity index (χ0n) is 10.6. The van der Waals surface area contributed by atoms with Crippen molar-refractivity contribution in [2.75, 3.05) is 0 Å². The molecule has 0 fully saturated rings. The predicted molar refractivity (Wildman–Crippen MR) is 72.0 cm³/mol. The Bertz CT molecular complexity index is 565. The summed E-state index contributed by atoms with van der Waals surface area (Å²) < 4.78 is 2.21. The topological polar surface area (TPSA) is 4.93 Å². The molecule has 2 rings (SSSR count). The molecule has 86 valence electrons. The molecule has 0 saturated carbocycles. The highest BCUT2D eigenvalue weighted by Gasteiger charge is 2.02. The molecule has 0 aliphatic carbocycles. The largest absolute Gasteiger partial charge is 0.340 e. The normalized spacial score (nSPS) is 9.82. The molecule has 0 aliphatic rings. The van der Waals surface area contributed by atoms with E-state index in [1.807, 2.05) is 30.3 Å². The smallest absolute Gasteiger partial charge is 0.0838 e. The van der Waals surface area contributed by atoms with Gasteiger partial charge in [0.1, 0.15) is 0 Å². The maximum absolute atomic E-state index is 3.21. The van der Waals surface area contributed by atoms with Crippen molar-refractivity contribution in [2.45, 2.75) is 27.3 Å². The van der Waals surface area contributed by atoms with Gasteiger partial charge in [0.05, 0.1) is 6.54 Å². The molecule has 0 N–H and O–H groups in total. The monoisotopic (exact) mass is 223 g/mol. The average Bonchev–Trinajstić information content (AvgIpc) is 2.59. The quantitative estimate of drug-likeness (QED) is 0.652. The van der Waals surface area contributed by atoms with E-state index in [0.717, 1.165) is 12.1 Å². The van der Waals surface area contributed by atoms with Crippen LogP contribution in [0.15, 0.2) is 36.5 Å². The van der Waals surface area contributed by atoms with Crippen molar-refractivity contribution < 1.29 is 0 Å². The van der Waals surface area contributed by atoms with Crippen LogP contribution < -0.4 is 0 Å². The highest BCUT2D eigenvalue weighted by Crippen LogP contribution is 2.13. The van der Waals surface area contributed by atoms with Crippen LogP contribution >= 0.6 is 0 Å². The second kappa shape index (κ2) is 4.93. The van der Waals surface area contributed by atoms with Crippen LogP contribution in [-0.4, -0.2) is 4.57 Å². The van der Waals surface area contributed by atoms with E-state index in [0.29, 0.717) is 0 Å². The minimum absolute atomic E-state index is 0.759. The Morgan fingerprint density at radius 3 is 2.35 bits per heavy atom. The standard InChI is InChI=1S/C16H17N/c1-13-12-17(15(3)14(13)2)11-7-10-16-8-5-4-6-9-16/h4-6,8-9,12H,11H2,1-3H3. The van der Waals surface area contributed by atoms with Gasteiger partial charge in [-0.2, -0.15) is 0 Å². The number of hydrogen-bond acceptors (Lipinski definition) is 0. The van der Waals surface area contributed by atoms with Gasteiger partial charge in [-0.3, -0.25) is 0 Å². The molecule has 0 bridgehead atoms. The van der Waals surface area contributed by atoms with Gasteiger partial charge in [0.15, 0.2) is 0 Å². The van der Waals surface area contributed by atoms with E-state index < -0.39 is 0 Å². The van der Waals surface area contributed by atoms with Crippen molar-refractivity contribution in [3.63, 3.8) is 0 Å². The average molecular weight is 223 g/mol. The van der Waals surface area contributed by atoms with Crippen molar-refractivity contribution in [1.29, 1.82) is 0 Å². The van der Waals surface area contributed by atoms with Gasteiger partial charge in [-0.25, -0.2) is 0 Å². The van der Waals surface area contributed by atoms with Crippen molar-refractivity contribution >= 4 is 0 Å². The summed E-state index contributed by atoms with van der Waals surface area (Å²) >= 11 is 0. The molecular weight excluding hydrogens is 206 g/mol. The van der Waals surface area contributed by atoms with Gasteiger partial charge in [-0.15, -0.1) is 0 Å². The lowest BCUT2D eigenvalue weighted by Gasteiger charge is -2.00. The first-order chi connectivity index (χ1) is 8.18. The first kappa shape index (κ1) is 11.5.